The Morgan fingerprint density at radius 2 is 1.59 bits per heavy atom. The molecule has 1 N–H and O–H groups in total. The Morgan fingerprint density at radius 1 is 0.938 bits per heavy atom. The van der Waals surface area contributed by atoms with Crippen molar-refractivity contribution in [2.75, 3.05) is 13.3 Å². The molecule has 1 saturated heterocycles. The predicted octanol–water partition coefficient (Wildman–Crippen LogP) is 5.83. The van der Waals surface area contributed by atoms with E-state index < -0.39 is 0 Å². The third-order valence-electron chi connectivity index (χ3n) is 7.02. The standard InChI is InChI=1S/C27H36FNO3/c1-18(2)25-14-27(15-26(32-25)19(3)4,21-6-8-22(28)9-7-21)11-12-29-16-20-5-10-23-24(13-20)31-17-30-23/h5-10,13,18-19,25-26,29H,11-12,14-17H2,1-4H3/t25-,26-/m1/s1. The number of ether oxygens (including phenoxy) is 3. The van der Waals surface area contributed by atoms with E-state index in [-0.39, 0.29) is 23.4 Å². The maximum Gasteiger partial charge on any atom is 0.231 e. The molecular formula is C27H36FNO3. The van der Waals surface area contributed by atoms with Gasteiger partial charge in [0, 0.05) is 12.0 Å². The number of benzene rings is 2. The summed E-state index contributed by atoms with van der Waals surface area (Å²) in [5.41, 5.74) is 2.37. The first-order valence-electron chi connectivity index (χ1n) is 11.9. The summed E-state index contributed by atoms with van der Waals surface area (Å²) in [6.45, 7) is 10.9. The van der Waals surface area contributed by atoms with Crippen molar-refractivity contribution in [2.24, 2.45) is 11.8 Å². The van der Waals surface area contributed by atoms with Gasteiger partial charge in [-0.15, -0.1) is 0 Å². The quantitative estimate of drug-likeness (QED) is 0.523. The second-order valence-corrected chi connectivity index (χ2v) is 10.0. The van der Waals surface area contributed by atoms with Crippen LogP contribution in [0.25, 0.3) is 0 Å². The Bertz CT molecular complexity index is 880. The maximum absolute atomic E-state index is 13.7. The number of hydrogen-bond acceptors (Lipinski definition) is 4. The van der Waals surface area contributed by atoms with Gasteiger partial charge in [0.1, 0.15) is 5.82 Å². The molecule has 0 bridgehead atoms. The summed E-state index contributed by atoms with van der Waals surface area (Å²) in [5, 5.41) is 3.62. The van der Waals surface area contributed by atoms with E-state index in [0.717, 1.165) is 43.9 Å². The third-order valence-corrected chi connectivity index (χ3v) is 7.02. The van der Waals surface area contributed by atoms with E-state index in [2.05, 4.69) is 39.1 Å². The van der Waals surface area contributed by atoms with Crippen LogP contribution in [0.4, 0.5) is 4.39 Å². The van der Waals surface area contributed by atoms with Crippen molar-refractivity contribution in [1.29, 1.82) is 0 Å². The highest BCUT2D eigenvalue weighted by Crippen LogP contribution is 2.45. The van der Waals surface area contributed by atoms with Crippen LogP contribution in [0, 0.1) is 17.7 Å². The predicted molar refractivity (Wildman–Crippen MR) is 125 cm³/mol. The van der Waals surface area contributed by atoms with E-state index in [4.69, 9.17) is 14.2 Å². The van der Waals surface area contributed by atoms with E-state index in [1.807, 2.05) is 24.3 Å². The van der Waals surface area contributed by atoms with Crippen LogP contribution >= 0.6 is 0 Å². The molecule has 2 aliphatic rings. The lowest BCUT2D eigenvalue weighted by Gasteiger charge is -2.48. The molecule has 0 aromatic heterocycles. The molecule has 5 heteroatoms. The van der Waals surface area contributed by atoms with E-state index in [1.54, 1.807) is 12.1 Å². The number of nitrogens with one attached hydrogen (secondary N) is 1. The molecule has 0 aliphatic carbocycles. The summed E-state index contributed by atoms with van der Waals surface area (Å²) in [7, 11) is 0. The fourth-order valence-electron chi connectivity index (χ4n) is 4.96. The monoisotopic (exact) mass is 441 g/mol. The summed E-state index contributed by atoms with van der Waals surface area (Å²) in [6.07, 6.45) is 3.32. The van der Waals surface area contributed by atoms with E-state index >= 15 is 0 Å². The molecule has 0 saturated carbocycles. The normalized spacial score (nSPS) is 25.0. The van der Waals surface area contributed by atoms with Crippen LogP contribution < -0.4 is 14.8 Å². The Kier molecular flexibility index (Phi) is 7.06. The molecule has 2 aliphatic heterocycles. The Morgan fingerprint density at radius 3 is 2.25 bits per heavy atom. The van der Waals surface area contributed by atoms with Crippen LogP contribution in [0.15, 0.2) is 42.5 Å². The topological polar surface area (TPSA) is 39.7 Å². The van der Waals surface area contributed by atoms with Crippen LogP contribution in [-0.2, 0) is 16.7 Å². The zero-order valence-electron chi connectivity index (χ0n) is 19.7. The minimum absolute atomic E-state index is 0.0301. The van der Waals surface area contributed by atoms with Crippen molar-refractivity contribution in [3.8, 4) is 11.5 Å². The van der Waals surface area contributed by atoms with Gasteiger partial charge in [-0.3, -0.25) is 0 Å². The number of rotatable bonds is 8. The molecule has 1 fully saturated rings. The fourth-order valence-corrected chi connectivity index (χ4v) is 4.96. The van der Waals surface area contributed by atoms with Gasteiger partial charge in [0.25, 0.3) is 0 Å². The van der Waals surface area contributed by atoms with Gasteiger partial charge in [0.2, 0.25) is 6.79 Å². The highest BCUT2D eigenvalue weighted by atomic mass is 19.1. The summed E-state index contributed by atoms with van der Waals surface area (Å²) in [4.78, 5) is 0. The molecule has 0 amide bonds. The van der Waals surface area contributed by atoms with Gasteiger partial charge < -0.3 is 19.5 Å². The average Bonchev–Trinajstić information content (AvgIpc) is 3.25. The van der Waals surface area contributed by atoms with Crippen LogP contribution in [0.2, 0.25) is 0 Å². The van der Waals surface area contributed by atoms with Gasteiger partial charge in [0.15, 0.2) is 11.5 Å². The molecule has 2 atom stereocenters. The smallest absolute Gasteiger partial charge is 0.231 e. The van der Waals surface area contributed by atoms with E-state index in [1.165, 1.54) is 11.1 Å². The minimum Gasteiger partial charge on any atom is -0.454 e. The maximum atomic E-state index is 13.7. The van der Waals surface area contributed by atoms with Crippen molar-refractivity contribution < 1.29 is 18.6 Å². The third kappa shape index (κ3) is 5.10. The first-order valence-corrected chi connectivity index (χ1v) is 11.9. The van der Waals surface area contributed by atoms with E-state index in [0.29, 0.717) is 18.6 Å². The summed E-state index contributed by atoms with van der Waals surface area (Å²) >= 11 is 0. The van der Waals surface area contributed by atoms with Crippen molar-refractivity contribution in [3.63, 3.8) is 0 Å². The van der Waals surface area contributed by atoms with Crippen LogP contribution in [0.1, 0.15) is 58.1 Å². The SMILES string of the molecule is CC(C)[C@H]1CC(CCNCc2ccc3c(c2)OCO3)(c2ccc(F)cc2)C[C@H](C(C)C)O1. The average molecular weight is 442 g/mol. The van der Waals surface area contributed by atoms with Crippen molar-refractivity contribution in [1.82, 2.24) is 5.32 Å². The van der Waals surface area contributed by atoms with Crippen molar-refractivity contribution >= 4 is 0 Å². The largest absolute Gasteiger partial charge is 0.454 e. The first-order chi connectivity index (χ1) is 15.4. The first kappa shape index (κ1) is 23.1. The second-order valence-electron chi connectivity index (χ2n) is 10.0. The second kappa shape index (κ2) is 9.80. The van der Waals surface area contributed by atoms with Crippen molar-refractivity contribution in [2.45, 2.75) is 71.1 Å². The summed E-state index contributed by atoms with van der Waals surface area (Å²) < 4.78 is 31.1. The molecule has 0 radical (unpaired) electrons. The molecule has 2 heterocycles. The highest BCUT2D eigenvalue weighted by Gasteiger charge is 2.43. The molecule has 4 nitrogen and oxygen atoms in total. The lowest BCUT2D eigenvalue weighted by atomic mass is 9.66. The van der Waals surface area contributed by atoms with Crippen LogP contribution in [0.3, 0.4) is 0 Å². The Hall–Kier alpha value is -2.11. The molecule has 32 heavy (non-hydrogen) atoms. The van der Waals surface area contributed by atoms with Gasteiger partial charge >= 0.3 is 0 Å². The summed E-state index contributed by atoms with van der Waals surface area (Å²) in [5.74, 6) is 2.33. The van der Waals surface area contributed by atoms with Crippen LogP contribution in [0.5, 0.6) is 11.5 Å². The Labute approximate surface area is 191 Å². The zero-order valence-corrected chi connectivity index (χ0v) is 19.7. The molecule has 2 aromatic rings. The van der Waals surface area contributed by atoms with Crippen LogP contribution in [-0.4, -0.2) is 25.5 Å². The molecule has 4 rings (SSSR count). The number of fused-ring (bicyclic) bond motifs is 1. The lowest BCUT2D eigenvalue weighted by molar-refractivity contribution is -0.118. The molecule has 174 valence electrons. The number of hydrogen-bond donors (Lipinski definition) is 1. The van der Waals surface area contributed by atoms with Crippen molar-refractivity contribution in [3.05, 3.63) is 59.4 Å². The molecule has 2 aromatic carbocycles. The van der Waals surface area contributed by atoms with E-state index in [9.17, 15) is 4.39 Å². The fraction of sp³-hybridized carbons (Fsp3) is 0.556. The Balaban J connectivity index is 1.49. The molecule has 0 spiro atoms. The minimum atomic E-state index is -0.183. The van der Waals surface area contributed by atoms with Gasteiger partial charge in [-0.25, -0.2) is 4.39 Å². The summed E-state index contributed by atoms with van der Waals surface area (Å²) in [6, 6.07) is 13.2. The van der Waals surface area contributed by atoms with Gasteiger partial charge in [-0.05, 0) is 73.0 Å². The van der Waals surface area contributed by atoms with Gasteiger partial charge in [-0.1, -0.05) is 45.9 Å². The zero-order chi connectivity index (χ0) is 22.7. The lowest BCUT2D eigenvalue weighted by Crippen LogP contribution is -2.48. The van der Waals surface area contributed by atoms with Gasteiger partial charge in [-0.2, -0.15) is 0 Å². The molecule has 0 unspecified atom stereocenters. The number of halogens is 1. The molecular weight excluding hydrogens is 405 g/mol. The highest BCUT2D eigenvalue weighted by molar-refractivity contribution is 5.44. The van der Waals surface area contributed by atoms with Gasteiger partial charge in [0.05, 0.1) is 12.2 Å².